The highest BCUT2D eigenvalue weighted by atomic mass is 19.4. The summed E-state index contributed by atoms with van der Waals surface area (Å²) < 4.78 is 62.2. The molecule has 236 valence electrons. The minimum atomic E-state index is -4.72. The van der Waals surface area contributed by atoms with Crippen LogP contribution in [-0.4, -0.2) is 89.0 Å². The van der Waals surface area contributed by atoms with Crippen molar-refractivity contribution in [2.24, 2.45) is 0 Å². The summed E-state index contributed by atoms with van der Waals surface area (Å²) in [6.45, 7) is 2.10. The molecule has 2 aliphatic heterocycles. The van der Waals surface area contributed by atoms with Gasteiger partial charge in [0.15, 0.2) is 0 Å². The third-order valence-electron chi connectivity index (χ3n) is 9.16. The van der Waals surface area contributed by atoms with Crippen LogP contribution < -0.4 is 4.74 Å². The molecule has 1 atom stereocenters. The summed E-state index contributed by atoms with van der Waals surface area (Å²) in [6, 6.07) is 5.97. The molecule has 6 heterocycles. The van der Waals surface area contributed by atoms with Crippen molar-refractivity contribution in [1.29, 1.82) is 5.26 Å². The highest BCUT2D eigenvalue weighted by Crippen LogP contribution is 2.39. The Morgan fingerprint density at radius 1 is 1.11 bits per heavy atom. The number of likely N-dealkylation sites (tertiary alicyclic amines) is 2. The molecule has 0 unspecified atom stereocenters. The van der Waals surface area contributed by atoms with Crippen LogP contribution in [0.25, 0.3) is 22.3 Å². The molecule has 1 aliphatic carbocycles. The zero-order chi connectivity index (χ0) is 31.2. The molecule has 15 heteroatoms. The maximum atomic E-state index is 13.6. The molecule has 3 fully saturated rings. The fourth-order valence-corrected chi connectivity index (χ4v) is 6.86. The van der Waals surface area contributed by atoms with Crippen LogP contribution in [0.1, 0.15) is 50.0 Å². The zero-order valence-electron chi connectivity index (χ0n) is 24.4. The van der Waals surface area contributed by atoms with Gasteiger partial charge in [0.25, 0.3) is 0 Å². The van der Waals surface area contributed by atoms with E-state index in [1.807, 2.05) is 23.1 Å². The standard InChI is InChI=1S/C30H32F4N10O/c31-20-6-10-42(14-20)15-21-11-25(41-28(40-21)30(32,33)34)45-23-3-1-22(2-4-23)43-16-29(17-43,7-8-35)44-13-19(12-39-44)26-24-5-9-36-27(24)38-18-37-26/h5,9,11-13,18,20,22-23H,1-4,6-7,10,14-17H2,(H,36,37,38)/t20-,22?,23?/m0/s1. The molecular weight excluding hydrogens is 592 g/mol. The second-order valence-electron chi connectivity index (χ2n) is 12.3. The number of hydrogen-bond acceptors (Lipinski definition) is 9. The lowest BCUT2D eigenvalue weighted by Crippen LogP contribution is -2.65. The van der Waals surface area contributed by atoms with Crippen LogP contribution in [0.2, 0.25) is 0 Å². The molecule has 4 aromatic heterocycles. The number of halogens is 4. The summed E-state index contributed by atoms with van der Waals surface area (Å²) in [6.07, 6.45) is 4.68. The van der Waals surface area contributed by atoms with Crippen molar-refractivity contribution >= 4 is 11.0 Å². The van der Waals surface area contributed by atoms with E-state index in [0.717, 1.165) is 35.1 Å². The third-order valence-corrected chi connectivity index (χ3v) is 9.16. The molecule has 4 aromatic rings. The third kappa shape index (κ3) is 5.96. The largest absolute Gasteiger partial charge is 0.474 e. The number of nitrogens with one attached hydrogen (secondary N) is 1. The monoisotopic (exact) mass is 624 g/mol. The number of nitriles is 1. The molecule has 3 aliphatic rings. The Hall–Kier alpha value is -4.16. The average Bonchev–Trinajstić information content (AvgIpc) is 3.76. The maximum absolute atomic E-state index is 13.6. The van der Waals surface area contributed by atoms with Crippen LogP contribution in [-0.2, 0) is 18.3 Å². The molecule has 11 nitrogen and oxygen atoms in total. The van der Waals surface area contributed by atoms with Crippen LogP contribution in [0.4, 0.5) is 17.6 Å². The van der Waals surface area contributed by atoms with Gasteiger partial charge in [0.2, 0.25) is 11.7 Å². The van der Waals surface area contributed by atoms with Crippen LogP contribution in [0.15, 0.2) is 37.1 Å². The Labute approximate surface area is 256 Å². The SMILES string of the molecule is N#CCC1(n2cc(-c3ncnc4[nH]ccc34)cn2)CN(C2CCC(Oc3cc(CN4CC[C@H](F)C4)nc(C(F)(F)F)n3)CC2)C1. The van der Waals surface area contributed by atoms with E-state index < -0.39 is 23.7 Å². The van der Waals surface area contributed by atoms with Gasteiger partial charge in [-0.3, -0.25) is 14.5 Å². The van der Waals surface area contributed by atoms with Gasteiger partial charge in [0, 0.05) is 68.2 Å². The summed E-state index contributed by atoms with van der Waals surface area (Å²) >= 11 is 0. The Bertz CT molecular complexity index is 1700. The summed E-state index contributed by atoms with van der Waals surface area (Å²) in [4.78, 5) is 23.3. The van der Waals surface area contributed by atoms with Gasteiger partial charge in [0.1, 0.15) is 29.8 Å². The van der Waals surface area contributed by atoms with Crippen molar-refractivity contribution in [3.63, 3.8) is 0 Å². The van der Waals surface area contributed by atoms with E-state index in [2.05, 4.69) is 41.0 Å². The van der Waals surface area contributed by atoms with Crippen molar-refractivity contribution in [3.8, 4) is 23.2 Å². The Balaban J connectivity index is 0.982. The van der Waals surface area contributed by atoms with Gasteiger partial charge >= 0.3 is 6.18 Å². The van der Waals surface area contributed by atoms with E-state index in [9.17, 15) is 22.8 Å². The quantitative estimate of drug-likeness (QED) is 0.283. The van der Waals surface area contributed by atoms with E-state index in [1.54, 1.807) is 11.1 Å². The first-order valence-electron chi connectivity index (χ1n) is 15.1. The fraction of sp³-hybridized carbons (Fsp3) is 0.533. The lowest BCUT2D eigenvalue weighted by atomic mass is 9.82. The lowest BCUT2D eigenvalue weighted by molar-refractivity contribution is -0.145. The molecule has 2 saturated heterocycles. The van der Waals surface area contributed by atoms with Crippen LogP contribution >= 0.6 is 0 Å². The van der Waals surface area contributed by atoms with Crippen molar-refractivity contribution in [3.05, 3.63) is 48.6 Å². The van der Waals surface area contributed by atoms with E-state index in [0.29, 0.717) is 45.3 Å². The molecule has 1 saturated carbocycles. The van der Waals surface area contributed by atoms with E-state index in [-0.39, 0.29) is 36.8 Å². The minimum Gasteiger partial charge on any atom is -0.474 e. The molecule has 0 radical (unpaired) electrons. The predicted octanol–water partition coefficient (Wildman–Crippen LogP) is 4.49. The topological polar surface area (TPSA) is 125 Å². The first kappa shape index (κ1) is 29.5. The minimum absolute atomic E-state index is 0.0983. The first-order chi connectivity index (χ1) is 21.7. The van der Waals surface area contributed by atoms with Gasteiger partial charge < -0.3 is 9.72 Å². The summed E-state index contributed by atoms with van der Waals surface area (Å²) in [5, 5.41) is 15.2. The first-order valence-corrected chi connectivity index (χ1v) is 15.1. The van der Waals surface area contributed by atoms with Crippen molar-refractivity contribution < 1.29 is 22.3 Å². The smallest absolute Gasteiger partial charge is 0.451 e. The molecule has 1 N–H and O–H groups in total. The highest BCUT2D eigenvalue weighted by Gasteiger charge is 2.48. The molecule has 7 rings (SSSR count). The average molecular weight is 625 g/mol. The van der Waals surface area contributed by atoms with Gasteiger partial charge in [-0.05, 0) is 38.2 Å². The maximum Gasteiger partial charge on any atom is 0.451 e. The van der Waals surface area contributed by atoms with E-state index in [4.69, 9.17) is 4.74 Å². The summed E-state index contributed by atoms with van der Waals surface area (Å²) in [5.74, 6) is -1.34. The number of nitrogens with zero attached hydrogens (tertiary/aromatic N) is 9. The number of ether oxygens (including phenoxy) is 1. The predicted molar refractivity (Wildman–Crippen MR) is 153 cm³/mol. The number of H-pyrrole nitrogens is 1. The number of aromatic nitrogens is 7. The number of fused-ring (bicyclic) bond motifs is 1. The van der Waals surface area contributed by atoms with Crippen molar-refractivity contribution in [2.75, 3.05) is 26.2 Å². The van der Waals surface area contributed by atoms with E-state index in [1.165, 1.54) is 12.4 Å². The second-order valence-corrected chi connectivity index (χ2v) is 12.3. The molecule has 0 aromatic carbocycles. The number of hydrogen-bond donors (Lipinski definition) is 1. The van der Waals surface area contributed by atoms with Gasteiger partial charge in [-0.25, -0.2) is 19.3 Å². The highest BCUT2D eigenvalue weighted by molar-refractivity contribution is 5.90. The summed E-state index contributed by atoms with van der Waals surface area (Å²) in [7, 11) is 0. The Kier molecular flexibility index (Phi) is 7.65. The normalized spacial score (nSPS) is 24.0. The van der Waals surface area contributed by atoms with Crippen LogP contribution in [0.5, 0.6) is 5.88 Å². The summed E-state index contributed by atoms with van der Waals surface area (Å²) in [5.41, 5.74) is 2.09. The van der Waals surface area contributed by atoms with Gasteiger partial charge in [-0.2, -0.15) is 28.5 Å². The van der Waals surface area contributed by atoms with Crippen molar-refractivity contribution in [1.82, 2.24) is 44.5 Å². The van der Waals surface area contributed by atoms with Gasteiger partial charge in [-0.15, -0.1) is 0 Å². The van der Waals surface area contributed by atoms with Crippen molar-refractivity contribution in [2.45, 2.75) is 75.1 Å². The molecule has 0 bridgehead atoms. The van der Waals surface area contributed by atoms with Gasteiger partial charge in [0.05, 0.1) is 30.1 Å². The number of alkyl halides is 4. The van der Waals surface area contributed by atoms with Crippen LogP contribution in [0, 0.1) is 11.3 Å². The molecular formula is C30H32F4N10O. The second kappa shape index (κ2) is 11.6. The molecule has 0 spiro atoms. The number of aromatic amines is 1. The molecule has 0 amide bonds. The zero-order valence-corrected chi connectivity index (χ0v) is 24.4. The van der Waals surface area contributed by atoms with E-state index >= 15 is 0 Å². The number of rotatable bonds is 8. The Morgan fingerprint density at radius 2 is 1.93 bits per heavy atom. The Morgan fingerprint density at radius 3 is 2.67 bits per heavy atom. The van der Waals surface area contributed by atoms with Gasteiger partial charge in [-0.1, -0.05) is 0 Å². The van der Waals surface area contributed by atoms with Crippen LogP contribution in [0.3, 0.4) is 0 Å². The molecule has 45 heavy (non-hydrogen) atoms. The fourth-order valence-electron chi connectivity index (χ4n) is 6.86. The lowest BCUT2D eigenvalue weighted by Gasteiger charge is -2.53.